The summed E-state index contributed by atoms with van der Waals surface area (Å²) < 4.78 is 4.89. The first kappa shape index (κ1) is 15.0. The zero-order valence-electron chi connectivity index (χ0n) is 12.0. The van der Waals surface area contributed by atoms with Crippen molar-refractivity contribution in [3.63, 3.8) is 0 Å². The molecular weight excluding hydrogens is 256 g/mol. The van der Waals surface area contributed by atoms with Gasteiger partial charge in [0.25, 0.3) is 0 Å². The Balaban J connectivity index is 2.06. The van der Waals surface area contributed by atoms with Gasteiger partial charge in [0.2, 0.25) is 5.91 Å². The molecule has 0 aliphatic carbocycles. The summed E-state index contributed by atoms with van der Waals surface area (Å²) in [6.07, 6.45) is -0.652. The summed E-state index contributed by atoms with van der Waals surface area (Å²) in [5.41, 5.74) is 2.26. The van der Waals surface area contributed by atoms with E-state index in [0.717, 1.165) is 12.1 Å². The van der Waals surface area contributed by atoms with E-state index < -0.39 is 6.10 Å². The third kappa shape index (κ3) is 3.36. The Morgan fingerprint density at radius 2 is 2.30 bits per heavy atom. The Bertz CT molecular complexity index is 464. The first-order valence-electron chi connectivity index (χ1n) is 6.84. The van der Waals surface area contributed by atoms with Crippen LogP contribution in [0, 0.1) is 0 Å². The zero-order valence-corrected chi connectivity index (χ0v) is 12.0. The molecule has 2 atom stereocenters. The molecule has 2 N–H and O–H groups in total. The molecule has 0 fully saturated rings. The molecule has 1 aromatic rings. The summed E-state index contributed by atoms with van der Waals surface area (Å²) in [6, 6.07) is 8.00. The molecule has 5 nitrogen and oxygen atoms in total. The van der Waals surface area contributed by atoms with E-state index in [2.05, 4.69) is 5.32 Å². The first-order chi connectivity index (χ1) is 9.63. The summed E-state index contributed by atoms with van der Waals surface area (Å²) in [5, 5.41) is 13.0. The first-order valence-corrected chi connectivity index (χ1v) is 6.84. The van der Waals surface area contributed by atoms with Gasteiger partial charge in [-0.05, 0) is 11.1 Å². The predicted molar refractivity (Wildman–Crippen MR) is 76.4 cm³/mol. The van der Waals surface area contributed by atoms with E-state index in [-0.39, 0.29) is 25.0 Å². The summed E-state index contributed by atoms with van der Waals surface area (Å²) >= 11 is 0. The number of hydrogen-bond donors (Lipinski definition) is 2. The number of benzene rings is 1. The van der Waals surface area contributed by atoms with Crippen LogP contribution in [0.5, 0.6) is 0 Å². The normalized spacial score (nSPS) is 19.2. The Hall–Kier alpha value is -1.43. The van der Waals surface area contributed by atoms with Crippen LogP contribution in [-0.4, -0.2) is 55.9 Å². The van der Waals surface area contributed by atoms with Crippen LogP contribution in [0.1, 0.15) is 17.0 Å². The lowest BCUT2D eigenvalue weighted by Gasteiger charge is -2.30. The van der Waals surface area contributed by atoms with Gasteiger partial charge in [-0.3, -0.25) is 4.79 Å². The summed E-state index contributed by atoms with van der Waals surface area (Å²) in [7, 11) is 3.25. The second kappa shape index (κ2) is 6.83. The van der Waals surface area contributed by atoms with E-state index in [0.29, 0.717) is 6.54 Å². The summed E-state index contributed by atoms with van der Waals surface area (Å²) in [5.74, 6) is -0.153. The molecule has 1 aliphatic rings. The predicted octanol–water partition coefficient (Wildman–Crippen LogP) is 0.339. The van der Waals surface area contributed by atoms with Crippen molar-refractivity contribution < 1.29 is 14.6 Å². The van der Waals surface area contributed by atoms with E-state index in [1.54, 1.807) is 11.9 Å². The van der Waals surface area contributed by atoms with Gasteiger partial charge >= 0.3 is 0 Å². The molecule has 0 radical (unpaired) electrons. The fraction of sp³-hybridized carbons (Fsp3) is 0.533. The van der Waals surface area contributed by atoms with Crippen molar-refractivity contribution in [2.45, 2.75) is 18.6 Å². The number of fused-ring (bicyclic) bond motifs is 1. The number of likely N-dealkylation sites (N-methyl/N-ethyl adjacent to an activating group) is 1. The second-order valence-corrected chi connectivity index (χ2v) is 5.21. The number of rotatable bonds is 5. The molecule has 2 unspecified atom stereocenters. The van der Waals surface area contributed by atoms with Crippen LogP contribution in [0.2, 0.25) is 0 Å². The maximum atomic E-state index is 12.5. The molecule has 0 spiro atoms. The molecule has 1 aliphatic heterocycles. The van der Waals surface area contributed by atoms with Crippen molar-refractivity contribution in [2.24, 2.45) is 0 Å². The van der Waals surface area contributed by atoms with E-state index in [9.17, 15) is 9.90 Å². The van der Waals surface area contributed by atoms with Crippen LogP contribution in [0.15, 0.2) is 24.3 Å². The largest absolute Gasteiger partial charge is 0.389 e. The van der Waals surface area contributed by atoms with Crippen LogP contribution in [0.4, 0.5) is 0 Å². The van der Waals surface area contributed by atoms with Gasteiger partial charge < -0.3 is 20.1 Å². The minimum Gasteiger partial charge on any atom is -0.389 e. The standard InChI is InChI=1S/C15H22N2O3/c1-17(9-12(18)10-20-2)15(19)14-8-16-7-11-5-3-4-6-13(11)14/h3-6,12,14,16,18H,7-10H2,1-2H3. The van der Waals surface area contributed by atoms with Gasteiger partial charge in [-0.1, -0.05) is 24.3 Å². The Kier molecular flexibility index (Phi) is 5.11. The van der Waals surface area contributed by atoms with Crippen molar-refractivity contribution in [2.75, 3.05) is 33.9 Å². The topological polar surface area (TPSA) is 61.8 Å². The fourth-order valence-corrected chi connectivity index (χ4v) is 2.63. The van der Waals surface area contributed by atoms with Gasteiger partial charge in [0.1, 0.15) is 0 Å². The quantitative estimate of drug-likeness (QED) is 0.815. The lowest BCUT2D eigenvalue weighted by molar-refractivity contribution is -0.133. The van der Waals surface area contributed by atoms with E-state index >= 15 is 0 Å². The number of aliphatic hydroxyl groups excluding tert-OH is 1. The van der Waals surface area contributed by atoms with Gasteiger partial charge in [-0.25, -0.2) is 0 Å². The number of hydrogen-bond acceptors (Lipinski definition) is 4. The highest BCUT2D eigenvalue weighted by Gasteiger charge is 2.28. The molecule has 0 aromatic heterocycles. The molecule has 2 rings (SSSR count). The minimum absolute atomic E-state index is 0.0276. The van der Waals surface area contributed by atoms with Gasteiger partial charge in [0.15, 0.2) is 0 Å². The maximum absolute atomic E-state index is 12.5. The number of carbonyl (C=O) groups excluding carboxylic acids is 1. The molecule has 0 bridgehead atoms. The molecule has 5 heteroatoms. The summed E-state index contributed by atoms with van der Waals surface area (Å²) in [6.45, 7) is 1.96. The third-order valence-corrected chi connectivity index (χ3v) is 3.61. The molecule has 1 heterocycles. The highest BCUT2D eigenvalue weighted by Crippen LogP contribution is 2.25. The number of amides is 1. The Morgan fingerprint density at radius 3 is 3.05 bits per heavy atom. The Morgan fingerprint density at radius 1 is 1.55 bits per heavy atom. The molecule has 1 amide bonds. The Labute approximate surface area is 119 Å². The van der Waals surface area contributed by atoms with Crippen molar-refractivity contribution in [1.82, 2.24) is 10.2 Å². The van der Waals surface area contributed by atoms with Crippen LogP contribution in [0.25, 0.3) is 0 Å². The monoisotopic (exact) mass is 278 g/mol. The van der Waals surface area contributed by atoms with Gasteiger partial charge in [-0.15, -0.1) is 0 Å². The molecule has 1 aromatic carbocycles. The number of nitrogens with one attached hydrogen (secondary N) is 1. The van der Waals surface area contributed by atoms with Crippen LogP contribution in [0.3, 0.4) is 0 Å². The third-order valence-electron chi connectivity index (χ3n) is 3.61. The number of aliphatic hydroxyl groups is 1. The molecule has 110 valence electrons. The SMILES string of the molecule is COCC(O)CN(C)C(=O)C1CNCc2ccccc21. The highest BCUT2D eigenvalue weighted by atomic mass is 16.5. The molecule has 20 heavy (non-hydrogen) atoms. The van der Waals surface area contributed by atoms with E-state index in [4.69, 9.17) is 4.74 Å². The zero-order chi connectivity index (χ0) is 14.5. The lowest BCUT2D eigenvalue weighted by Crippen LogP contribution is -2.43. The van der Waals surface area contributed by atoms with Crippen molar-refractivity contribution in [3.05, 3.63) is 35.4 Å². The van der Waals surface area contributed by atoms with Crippen LogP contribution < -0.4 is 5.32 Å². The molecule has 0 saturated heterocycles. The van der Waals surface area contributed by atoms with E-state index in [1.807, 2.05) is 24.3 Å². The average molecular weight is 278 g/mol. The van der Waals surface area contributed by atoms with Gasteiger partial charge in [-0.2, -0.15) is 0 Å². The minimum atomic E-state index is -0.652. The summed E-state index contributed by atoms with van der Waals surface area (Å²) in [4.78, 5) is 14.1. The number of ether oxygens (including phenoxy) is 1. The molecule has 0 saturated carbocycles. The highest BCUT2D eigenvalue weighted by molar-refractivity contribution is 5.84. The second-order valence-electron chi connectivity index (χ2n) is 5.21. The van der Waals surface area contributed by atoms with Crippen molar-refractivity contribution in [3.8, 4) is 0 Å². The van der Waals surface area contributed by atoms with Crippen molar-refractivity contribution in [1.29, 1.82) is 0 Å². The molecular formula is C15H22N2O3. The number of nitrogens with zero attached hydrogens (tertiary/aromatic N) is 1. The lowest BCUT2D eigenvalue weighted by atomic mass is 9.90. The van der Waals surface area contributed by atoms with E-state index in [1.165, 1.54) is 12.7 Å². The number of carbonyl (C=O) groups is 1. The van der Waals surface area contributed by atoms with Crippen molar-refractivity contribution >= 4 is 5.91 Å². The smallest absolute Gasteiger partial charge is 0.231 e. The van der Waals surface area contributed by atoms with Crippen LogP contribution in [-0.2, 0) is 16.1 Å². The average Bonchev–Trinajstić information content (AvgIpc) is 2.46. The number of methoxy groups -OCH3 is 1. The fourth-order valence-electron chi connectivity index (χ4n) is 2.63. The van der Waals surface area contributed by atoms with Gasteiger partial charge in [0.05, 0.1) is 18.6 Å². The maximum Gasteiger partial charge on any atom is 0.231 e. The van der Waals surface area contributed by atoms with Gasteiger partial charge in [0, 0.05) is 33.8 Å². The van der Waals surface area contributed by atoms with Crippen LogP contribution >= 0.6 is 0 Å².